The molecular weight excluding hydrogens is 410 g/mol. The molecule has 4 heterocycles. The lowest BCUT2D eigenvalue weighted by molar-refractivity contribution is -0.0511. The third-order valence-corrected chi connectivity index (χ3v) is 4.96. The summed E-state index contributed by atoms with van der Waals surface area (Å²) in [6.07, 6.45) is 0.202. The highest BCUT2D eigenvalue weighted by molar-refractivity contribution is 9.10. The Morgan fingerprint density at radius 1 is 1.23 bits per heavy atom. The van der Waals surface area contributed by atoms with Crippen LogP contribution in [0, 0.1) is 0 Å². The van der Waals surface area contributed by atoms with Crippen molar-refractivity contribution in [1.82, 2.24) is 19.5 Å². The quantitative estimate of drug-likeness (QED) is 0.457. The van der Waals surface area contributed by atoms with E-state index in [9.17, 15) is 15.3 Å². The van der Waals surface area contributed by atoms with Gasteiger partial charge in [0, 0.05) is 0 Å². The van der Waals surface area contributed by atoms with Crippen molar-refractivity contribution in [2.45, 2.75) is 31.1 Å². The number of hydrogen-bond acceptors (Lipinski definition) is 9. The van der Waals surface area contributed by atoms with Gasteiger partial charge in [0.1, 0.15) is 30.4 Å². The first-order valence-electron chi connectivity index (χ1n) is 7.86. The highest BCUT2D eigenvalue weighted by Gasteiger charge is 2.44. The highest BCUT2D eigenvalue weighted by Crippen LogP contribution is 2.32. The van der Waals surface area contributed by atoms with E-state index < -0.39 is 31.1 Å². The molecule has 1 unspecified atom stereocenters. The number of anilines is 1. The van der Waals surface area contributed by atoms with Crippen LogP contribution in [0.4, 0.5) is 5.82 Å². The van der Waals surface area contributed by atoms with Crippen molar-refractivity contribution in [3.8, 4) is 0 Å². The summed E-state index contributed by atoms with van der Waals surface area (Å²) in [5.41, 5.74) is 0.906. The Hall–Kier alpha value is -2.05. The summed E-state index contributed by atoms with van der Waals surface area (Å²) in [5.74, 6) is 1.20. The van der Waals surface area contributed by atoms with E-state index in [0.29, 0.717) is 29.3 Å². The van der Waals surface area contributed by atoms with Gasteiger partial charge in [0.2, 0.25) is 0 Å². The van der Waals surface area contributed by atoms with E-state index >= 15 is 0 Å². The summed E-state index contributed by atoms with van der Waals surface area (Å²) in [6.45, 7) is -0.0123. The van der Waals surface area contributed by atoms with Gasteiger partial charge in [-0.1, -0.05) is 0 Å². The summed E-state index contributed by atoms with van der Waals surface area (Å²) < 4.78 is 13.2. The van der Waals surface area contributed by atoms with E-state index in [-0.39, 0.29) is 0 Å². The van der Waals surface area contributed by atoms with Crippen LogP contribution in [0.5, 0.6) is 0 Å². The minimum absolute atomic E-state index is 0.389. The summed E-state index contributed by atoms with van der Waals surface area (Å²) in [5, 5.41) is 32.5. The van der Waals surface area contributed by atoms with Crippen LogP contribution >= 0.6 is 15.9 Å². The molecular formula is C15H16BrN5O5. The van der Waals surface area contributed by atoms with Gasteiger partial charge in [-0.15, -0.1) is 0 Å². The molecule has 1 saturated heterocycles. The molecule has 0 radical (unpaired) electrons. The van der Waals surface area contributed by atoms with Gasteiger partial charge in [0.25, 0.3) is 0 Å². The van der Waals surface area contributed by atoms with Gasteiger partial charge < -0.3 is 29.8 Å². The van der Waals surface area contributed by atoms with Crippen molar-refractivity contribution in [3.05, 3.63) is 35.2 Å². The Kier molecular flexibility index (Phi) is 4.63. The lowest BCUT2D eigenvalue weighted by Gasteiger charge is -2.16. The smallest absolute Gasteiger partial charge is 0.167 e. The lowest BCUT2D eigenvalue weighted by Crippen LogP contribution is -2.33. The van der Waals surface area contributed by atoms with E-state index in [0.717, 1.165) is 4.47 Å². The van der Waals surface area contributed by atoms with Crippen LogP contribution in [-0.2, 0) is 11.3 Å². The van der Waals surface area contributed by atoms with E-state index in [1.54, 1.807) is 12.3 Å². The van der Waals surface area contributed by atoms with E-state index in [1.165, 1.54) is 17.2 Å². The van der Waals surface area contributed by atoms with E-state index in [1.807, 2.05) is 0 Å². The molecule has 1 aliphatic heterocycles. The first-order chi connectivity index (χ1) is 12.6. The minimum atomic E-state index is -1.21. The maximum absolute atomic E-state index is 10.2. The molecule has 4 rings (SSSR count). The lowest BCUT2D eigenvalue weighted by atomic mass is 10.1. The molecule has 0 saturated carbocycles. The molecule has 4 N–H and O–H groups in total. The van der Waals surface area contributed by atoms with Crippen molar-refractivity contribution in [2.75, 3.05) is 11.9 Å². The van der Waals surface area contributed by atoms with Crippen LogP contribution in [0.3, 0.4) is 0 Å². The van der Waals surface area contributed by atoms with E-state index in [4.69, 9.17) is 9.15 Å². The number of hydrogen-bond donors (Lipinski definition) is 4. The summed E-state index contributed by atoms with van der Waals surface area (Å²) in [6, 6.07) is 1.79. The Balaban J connectivity index is 1.62. The molecule has 3 aromatic rings. The normalized spacial score (nSPS) is 25.8. The number of halogens is 1. The third kappa shape index (κ3) is 2.87. The zero-order valence-electron chi connectivity index (χ0n) is 13.4. The van der Waals surface area contributed by atoms with Gasteiger partial charge in [0.05, 0.1) is 30.2 Å². The Morgan fingerprint density at radius 3 is 2.77 bits per heavy atom. The third-order valence-electron chi connectivity index (χ3n) is 4.26. The second-order valence-corrected chi connectivity index (χ2v) is 6.67. The minimum Gasteiger partial charge on any atom is -0.466 e. The molecule has 0 aromatic carbocycles. The van der Waals surface area contributed by atoms with E-state index in [2.05, 4.69) is 36.2 Å². The van der Waals surface area contributed by atoms with Gasteiger partial charge in [-0.3, -0.25) is 4.57 Å². The number of aliphatic hydroxyl groups excluding tert-OH is 3. The maximum atomic E-state index is 10.2. The number of nitrogens with one attached hydrogen (secondary N) is 1. The average Bonchev–Trinajstić information content (AvgIpc) is 3.32. The van der Waals surface area contributed by atoms with Crippen molar-refractivity contribution in [3.63, 3.8) is 0 Å². The Morgan fingerprint density at radius 2 is 2.08 bits per heavy atom. The molecule has 0 aliphatic carbocycles. The average molecular weight is 426 g/mol. The molecule has 10 nitrogen and oxygen atoms in total. The predicted octanol–water partition coefficient (Wildman–Crippen LogP) is 0.405. The SMILES string of the molecule is OC[C@H]1OC(n2cnc3c(NCc4occc4Br)ncnc32)[C@@H](O)[C@@H]1O. The number of imidazole rings is 1. The standard InChI is InChI=1S/C15H16BrN5O5/c16-7-1-2-25-8(7)3-17-13-10-14(19-5-18-13)21(6-20-10)15-12(24)11(23)9(4-22)26-15/h1-2,5-6,9,11-12,15,22-24H,3-4H2,(H,17,18,19)/t9-,11-,12+,15?/m1/s1. The van der Waals surface area contributed by atoms with Crippen molar-refractivity contribution < 1.29 is 24.5 Å². The van der Waals surface area contributed by atoms with Gasteiger partial charge >= 0.3 is 0 Å². The molecule has 138 valence electrons. The molecule has 3 aromatic heterocycles. The second-order valence-electron chi connectivity index (χ2n) is 5.82. The van der Waals surface area contributed by atoms with Crippen LogP contribution in [0.1, 0.15) is 12.0 Å². The van der Waals surface area contributed by atoms with Gasteiger partial charge in [-0.25, -0.2) is 15.0 Å². The molecule has 1 aliphatic rings. The van der Waals surface area contributed by atoms with Crippen LogP contribution in [-0.4, -0.2) is 59.8 Å². The number of rotatable bonds is 5. The molecule has 1 fully saturated rings. The Labute approximate surface area is 155 Å². The molecule has 0 amide bonds. The van der Waals surface area contributed by atoms with Gasteiger partial charge in [0.15, 0.2) is 23.2 Å². The molecule has 0 spiro atoms. The van der Waals surface area contributed by atoms with Gasteiger partial charge in [-0.05, 0) is 22.0 Å². The fraction of sp³-hybridized carbons (Fsp3) is 0.400. The maximum Gasteiger partial charge on any atom is 0.167 e. The van der Waals surface area contributed by atoms with Crippen molar-refractivity contribution >= 4 is 32.9 Å². The number of nitrogens with zero attached hydrogens (tertiary/aromatic N) is 4. The number of furan rings is 1. The summed E-state index contributed by atoms with van der Waals surface area (Å²) in [7, 11) is 0. The number of aromatic nitrogens is 4. The monoisotopic (exact) mass is 425 g/mol. The van der Waals surface area contributed by atoms with Crippen LogP contribution < -0.4 is 5.32 Å². The zero-order chi connectivity index (χ0) is 18.3. The first-order valence-corrected chi connectivity index (χ1v) is 8.65. The Bertz CT molecular complexity index is 915. The van der Waals surface area contributed by atoms with Crippen molar-refractivity contribution in [2.24, 2.45) is 0 Å². The predicted molar refractivity (Wildman–Crippen MR) is 92.1 cm³/mol. The molecule has 11 heteroatoms. The second kappa shape index (κ2) is 6.93. The summed E-state index contributed by atoms with van der Waals surface area (Å²) in [4.78, 5) is 12.7. The number of aliphatic hydroxyl groups is 3. The van der Waals surface area contributed by atoms with Gasteiger partial charge in [-0.2, -0.15) is 0 Å². The van der Waals surface area contributed by atoms with Crippen LogP contribution in [0.25, 0.3) is 11.2 Å². The van der Waals surface area contributed by atoms with Crippen molar-refractivity contribution in [1.29, 1.82) is 0 Å². The highest BCUT2D eigenvalue weighted by atomic mass is 79.9. The molecule has 26 heavy (non-hydrogen) atoms. The first kappa shape index (κ1) is 17.4. The number of ether oxygens (including phenoxy) is 1. The van der Waals surface area contributed by atoms with Crippen LogP contribution in [0.2, 0.25) is 0 Å². The van der Waals surface area contributed by atoms with Crippen LogP contribution in [0.15, 0.2) is 33.9 Å². The fourth-order valence-electron chi connectivity index (χ4n) is 2.89. The topological polar surface area (TPSA) is 139 Å². The molecule has 4 atom stereocenters. The zero-order valence-corrected chi connectivity index (χ0v) is 14.9. The number of fused-ring (bicyclic) bond motifs is 1. The molecule has 0 bridgehead atoms. The summed E-state index contributed by atoms with van der Waals surface area (Å²) >= 11 is 3.39. The largest absolute Gasteiger partial charge is 0.466 e. The fourth-order valence-corrected chi connectivity index (χ4v) is 3.23.